The first kappa shape index (κ1) is 20.1. The highest BCUT2D eigenvalue weighted by atomic mass is 16.5. The van der Waals surface area contributed by atoms with Crippen molar-refractivity contribution in [1.29, 1.82) is 0 Å². The molecule has 2 aromatic carbocycles. The van der Waals surface area contributed by atoms with Crippen LogP contribution in [-0.4, -0.2) is 35.3 Å². The zero-order valence-electron chi connectivity index (χ0n) is 16.9. The lowest BCUT2D eigenvalue weighted by molar-refractivity contribution is -0.110. The highest BCUT2D eigenvalue weighted by Gasteiger charge is 2.27. The van der Waals surface area contributed by atoms with E-state index in [1.807, 2.05) is 0 Å². The molecule has 4 N–H and O–H groups in total. The largest absolute Gasteiger partial charge is 0.504 e. The first-order valence-electron chi connectivity index (χ1n) is 9.46. The Hall–Kier alpha value is -4.15. The number of ether oxygens (including phenoxy) is 2. The molecule has 3 aromatic rings. The first-order valence-corrected chi connectivity index (χ1v) is 9.46. The van der Waals surface area contributed by atoms with Crippen molar-refractivity contribution in [2.45, 2.75) is 6.10 Å². The van der Waals surface area contributed by atoms with Gasteiger partial charge >= 0.3 is 0 Å². The van der Waals surface area contributed by atoms with Gasteiger partial charge in [-0.25, -0.2) is 0 Å². The van der Waals surface area contributed by atoms with Gasteiger partial charge in [-0.05, 0) is 42.0 Å². The lowest BCUT2D eigenvalue weighted by atomic mass is 9.99. The van der Waals surface area contributed by atoms with E-state index < -0.39 is 6.10 Å². The Labute approximate surface area is 179 Å². The average Bonchev–Trinajstić information content (AvgIpc) is 3.36. The number of fused-ring (bicyclic) bond motifs is 1. The van der Waals surface area contributed by atoms with E-state index >= 15 is 0 Å². The fraction of sp³-hybridized carbons (Fsp3) is 0.125. The van der Waals surface area contributed by atoms with Crippen molar-refractivity contribution < 1.29 is 24.5 Å². The number of phenols is 1. The van der Waals surface area contributed by atoms with Crippen molar-refractivity contribution in [3.8, 4) is 29.1 Å². The molecule has 156 valence electrons. The summed E-state index contributed by atoms with van der Waals surface area (Å²) in [6.45, 7) is 0. The van der Waals surface area contributed by atoms with Crippen LogP contribution in [-0.2, 0) is 4.79 Å². The molecule has 0 spiro atoms. The fourth-order valence-electron chi connectivity index (χ4n) is 3.39. The maximum atomic E-state index is 12.6. The smallest absolute Gasteiger partial charge is 0.256 e. The summed E-state index contributed by atoms with van der Waals surface area (Å²) in [6.07, 6.45) is 2.34. The summed E-state index contributed by atoms with van der Waals surface area (Å²) in [5.74, 6) is 6.38. The van der Waals surface area contributed by atoms with Crippen LogP contribution in [0.3, 0.4) is 0 Å². The van der Waals surface area contributed by atoms with Gasteiger partial charge in [0.15, 0.2) is 11.5 Å². The molecule has 1 aliphatic heterocycles. The van der Waals surface area contributed by atoms with Crippen LogP contribution >= 0.6 is 0 Å². The van der Waals surface area contributed by atoms with E-state index in [0.29, 0.717) is 39.4 Å². The van der Waals surface area contributed by atoms with E-state index in [-0.39, 0.29) is 17.4 Å². The number of H-pyrrole nitrogens is 1. The van der Waals surface area contributed by atoms with Crippen LogP contribution in [0.2, 0.25) is 0 Å². The first-order chi connectivity index (χ1) is 15.0. The average molecular weight is 416 g/mol. The van der Waals surface area contributed by atoms with Gasteiger partial charge in [0.1, 0.15) is 11.9 Å². The van der Waals surface area contributed by atoms with Gasteiger partial charge in [-0.1, -0.05) is 24.0 Å². The van der Waals surface area contributed by atoms with Gasteiger partial charge in [-0.3, -0.25) is 4.79 Å². The Bertz CT molecular complexity index is 1250. The molecule has 1 aliphatic rings. The van der Waals surface area contributed by atoms with Crippen molar-refractivity contribution in [3.05, 3.63) is 71.0 Å². The predicted octanol–water partition coefficient (Wildman–Crippen LogP) is 3.32. The van der Waals surface area contributed by atoms with Crippen LogP contribution in [0.25, 0.3) is 11.6 Å². The van der Waals surface area contributed by atoms with Crippen LogP contribution in [0.5, 0.6) is 17.2 Å². The van der Waals surface area contributed by atoms with Gasteiger partial charge in [0.2, 0.25) is 0 Å². The maximum absolute atomic E-state index is 12.6. The second kappa shape index (κ2) is 8.30. The van der Waals surface area contributed by atoms with Gasteiger partial charge < -0.3 is 30.0 Å². The number of aliphatic hydroxyl groups is 1. The number of hydrogen-bond acceptors (Lipinski definition) is 5. The number of anilines is 1. The number of methoxy groups -OCH3 is 2. The summed E-state index contributed by atoms with van der Waals surface area (Å²) < 4.78 is 10.4. The van der Waals surface area contributed by atoms with Gasteiger partial charge in [-0.15, -0.1) is 0 Å². The summed E-state index contributed by atoms with van der Waals surface area (Å²) in [4.78, 5) is 15.7. The summed E-state index contributed by atoms with van der Waals surface area (Å²) in [6, 6.07) is 11.7. The lowest BCUT2D eigenvalue weighted by Gasteiger charge is -2.08. The van der Waals surface area contributed by atoms with Crippen molar-refractivity contribution in [2.75, 3.05) is 19.5 Å². The van der Waals surface area contributed by atoms with Crippen molar-refractivity contribution in [2.24, 2.45) is 0 Å². The van der Waals surface area contributed by atoms with Gasteiger partial charge in [0.05, 0.1) is 31.2 Å². The number of benzene rings is 2. The Balaban J connectivity index is 1.72. The van der Waals surface area contributed by atoms with Crippen molar-refractivity contribution in [1.82, 2.24) is 4.98 Å². The van der Waals surface area contributed by atoms with E-state index in [1.165, 1.54) is 19.2 Å². The number of aromatic hydroxyl groups is 1. The third-order valence-electron chi connectivity index (χ3n) is 4.94. The molecule has 4 rings (SSSR count). The molecule has 1 unspecified atom stereocenters. The molecule has 0 bridgehead atoms. The second-order valence-electron chi connectivity index (χ2n) is 6.80. The molecule has 1 aromatic heterocycles. The maximum Gasteiger partial charge on any atom is 0.256 e. The standard InChI is InChI=1S/C24H20N2O5/c1-30-21-10-11-25-18(21)13-16-23-14(4-3-5-17(23)26-24(16)29)6-8-19(27)15-7-9-20(28)22(12-15)31-2/h3-5,7,9-13,19,25,27-28H,1-2H3,(H,26,29). The molecular formula is C24H20N2O5. The van der Waals surface area contributed by atoms with Crippen LogP contribution in [0.15, 0.2) is 48.7 Å². The molecule has 1 amide bonds. The Morgan fingerprint density at radius 1 is 1.10 bits per heavy atom. The number of aliphatic hydroxyl groups excluding tert-OH is 1. The lowest BCUT2D eigenvalue weighted by Crippen LogP contribution is -2.03. The number of aromatic amines is 1. The summed E-state index contributed by atoms with van der Waals surface area (Å²) in [7, 11) is 2.99. The minimum Gasteiger partial charge on any atom is -0.504 e. The highest BCUT2D eigenvalue weighted by molar-refractivity contribution is 6.35. The fourth-order valence-corrected chi connectivity index (χ4v) is 3.39. The summed E-state index contributed by atoms with van der Waals surface area (Å²) >= 11 is 0. The van der Waals surface area contributed by atoms with E-state index in [9.17, 15) is 15.0 Å². The van der Waals surface area contributed by atoms with Crippen LogP contribution in [0.1, 0.15) is 28.5 Å². The topological polar surface area (TPSA) is 104 Å². The minimum atomic E-state index is -1.11. The molecule has 0 aliphatic carbocycles. The normalized spacial score (nSPS) is 14.4. The van der Waals surface area contributed by atoms with Crippen LogP contribution in [0, 0.1) is 11.8 Å². The van der Waals surface area contributed by atoms with E-state index in [0.717, 1.165) is 0 Å². The number of carbonyl (C=O) groups excluding carboxylic acids is 1. The van der Waals surface area contributed by atoms with Crippen LogP contribution < -0.4 is 14.8 Å². The van der Waals surface area contributed by atoms with E-state index in [4.69, 9.17) is 9.47 Å². The van der Waals surface area contributed by atoms with E-state index in [1.54, 1.807) is 49.7 Å². The number of nitrogens with one attached hydrogen (secondary N) is 2. The zero-order chi connectivity index (χ0) is 22.0. The van der Waals surface area contributed by atoms with Crippen LogP contribution in [0.4, 0.5) is 5.69 Å². The number of amides is 1. The van der Waals surface area contributed by atoms with Crippen molar-refractivity contribution in [3.63, 3.8) is 0 Å². The quantitative estimate of drug-likeness (QED) is 0.386. The molecule has 0 saturated carbocycles. The molecule has 0 fully saturated rings. The van der Waals surface area contributed by atoms with Gasteiger partial charge in [0.25, 0.3) is 5.91 Å². The van der Waals surface area contributed by atoms with E-state index in [2.05, 4.69) is 22.1 Å². The molecule has 1 atom stereocenters. The number of rotatable bonds is 4. The second-order valence-corrected chi connectivity index (χ2v) is 6.80. The molecule has 0 saturated heterocycles. The Morgan fingerprint density at radius 3 is 2.68 bits per heavy atom. The third kappa shape index (κ3) is 3.84. The number of carbonyl (C=O) groups is 1. The van der Waals surface area contributed by atoms with Gasteiger partial charge in [-0.2, -0.15) is 0 Å². The Kier molecular flexibility index (Phi) is 5.39. The monoisotopic (exact) mass is 416 g/mol. The molecule has 7 heteroatoms. The number of phenolic OH excluding ortho intramolecular Hbond substituents is 1. The molecule has 0 radical (unpaired) electrons. The predicted molar refractivity (Wildman–Crippen MR) is 117 cm³/mol. The summed E-state index contributed by atoms with van der Waals surface area (Å²) in [5, 5.41) is 23.1. The SMILES string of the molecule is COc1cc(C(O)C#Cc2cccc3c2C(=Cc2[nH]ccc2OC)C(=O)N3)ccc1O. The van der Waals surface area contributed by atoms with Crippen molar-refractivity contribution >= 4 is 23.2 Å². The molecular weight excluding hydrogens is 396 g/mol. The molecule has 31 heavy (non-hydrogen) atoms. The molecule has 7 nitrogen and oxygen atoms in total. The number of hydrogen-bond donors (Lipinski definition) is 4. The van der Waals surface area contributed by atoms with Gasteiger partial charge in [0, 0.05) is 17.3 Å². The zero-order valence-corrected chi connectivity index (χ0v) is 16.9. The molecule has 2 heterocycles. The number of aromatic nitrogens is 1. The third-order valence-corrected chi connectivity index (χ3v) is 4.94. The summed E-state index contributed by atoms with van der Waals surface area (Å²) in [5.41, 5.74) is 3.50. The highest BCUT2D eigenvalue weighted by Crippen LogP contribution is 2.36. The minimum absolute atomic E-state index is 0.0219. The Morgan fingerprint density at radius 2 is 1.90 bits per heavy atom.